The van der Waals surface area contributed by atoms with E-state index in [1.165, 1.54) is 6.92 Å². The smallest absolute Gasteiger partial charge is 0.308 e. The Hall–Kier alpha value is -1.84. The number of ether oxygens (including phenoxy) is 1. The van der Waals surface area contributed by atoms with E-state index >= 15 is 0 Å². The van der Waals surface area contributed by atoms with Gasteiger partial charge in [-0.3, -0.25) is 9.79 Å². The van der Waals surface area contributed by atoms with Crippen molar-refractivity contribution in [2.75, 3.05) is 5.32 Å². The van der Waals surface area contributed by atoms with Gasteiger partial charge in [0.05, 0.1) is 12.9 Å². The number of nitrogens with one attached hydrogen (secondary N) is 1. The molecule has 0 fully saturated rings. The van der Waals surface area contributed by atoms with Gasteiger partial charge in [-0.25, -0.2) is 0 Å². The zero-order valence-corrected chi connectivity index (χ0v) is 7.78. The van der Waals surface area contributed by atoms with E-state index in [0.717, 1.165) is 11.3 Å². The Labute approximate surface area is 81.6 Å². The molecule has 1 N–H and O–H groups in total. The van der Waals surface area contributed by atoms with Crippen LogP contribution in [-0.4, -0.2) is 12.3 Å². The number of anilines is 1. The molecule has 2 rings (SSSR count). The number of carbonyl (C=O) groups excluding carboxylic acids is 1. The molecule has 0 saturated carbocycles. The number of carbonyl (C=O) groups is 1. The first-order chi connectivity index (χ1) is 6.75. The summed E-state index contributed by atoms with van der Waals surface area (Å²) in [5, 5.41) is 3.01. The molecule has 14 heavy (non-hydrogen) atoms. The van der Waals surface area contributed by atoms with Gasteiger partial charge in [0.2, 0.25) is 0 Å². The normalized spacial score (nSPS) is 12.9. The molecule has 4 heteroatoms. The molecular weight excluding hydrogens is 180 g/mol. The van der Waals surface area contributed by atoms with Crippen LogP contribution in [0, 0.1) is 0 Å². The third-order valence-corrected chi connectivity index (χ3v) is 1.91. The molecule has 0 unspecified atom stereocenters. The molecule has 0 aliphatic carbocycles. The number of hydrogen-bond donors (Lipinski definition) is 1. The molecule has 0 bridgehead atoms. The van der Waals surface area contributed by atoms with Crippen LogP contribution in [0.4, 0.5) is 5.69 Å². The summed E-state index contributed by atoms with van der Waals surface area (Å²) >= 11 is 0. The quantitative estimate of drug-likeness (QED) is 0.540. The lowest BCUT2D eigenvalue weighted by molar-refractivity contribution is -0.131. The van der Waals surface area contributed by atoms with Crippen molar-refractivity contribution in [3.05, 3.63) is 23.8 Å². The topological polar surface area (TPSA) is 50.7 Å². The van der Waals surface area contributed by atoms with Crippen LogP contribution in [0.1, 0.15) is 12.5 Å². The van der Waals surface area contributed by atoms with Crippen LogP contribution in [0.5, 0.6) is 5.75 Å². The Morgan fingerprint density at radius 3 is 3.21 bits per heavy atom. The van der Waals surface area contributed by atoms with Gasteiger partial charge < -0.3 is 10.1 Å². The Kier molecular flexibility index (Phi) is 2.18. The Balaban J connectivity index is 2.27. The Morgan fingerprint density at radius 2 is 2.43 bits per heavy atom. The summed E-state index contributed by atoms with van der Waals surface area (Å²) in [4.78, 5) is 14.8. The molecule has 4 nitrogen and oxygen atoms in total. The fourth-order valence-electron chi connectivity index (χ4n) is 1.33. The summed E-state index contributed by atoms with van der Waals surface area (Å²) in [5.41, 5.74) is 2.04. The fourth-order valence-corrected chi connectivity index (χ4v) is 1.33. The second kappa shape index (κ2) is 3.49. The molecular formula is C10H10N2O2. The third kappa shape index (κ3) is 1.74. The second-order valence-corrected chi connectivity index (χ2v) is 3.03. The zero-order valence-electron chi connectivity index (χ0n) is 7.78. The molecule has 1 heterocycles. The minimum Gasteiger partial charge on any atom is -0.427 e. The number of aliphatic imine (C=N–C) groups is 1. The molecule has 1 aromatic carbocycles. The first-order valence-electron chi connectivity index (χ1n) is 4.32. The van der Waals surface area contributed by atoms with Gasteiger partial charge in [0.25, 0.3) is 0 Å². The van der Waals surface area contributed by atoms with Gasteiger partial charge in [-0.2, -0.15) is 0 Å². The van der Waals surface area contributed by atoms with Gasteiger partial charge in [0.15, 0.2) is 0 Å². The lowest BCUT2D eigenvalue weighted by Crippen LogP contribution is -2.06. The van der Waals surface area contributed by atoms with E-state index in [2.05, 4.69) is 10.3 Å². The van der Waals surface area contributed by atoms with Crippen LogP contribution >= 0.6 is 0 Å². The molecule has 0 aromatic heterocycles. The van der Waals surface area contributed by atoms with E-state index in [1.807, 2.05) is 12.1 Å². The molecule has 0 spiro atoms. The maximum Gasteiger partial charge on any atom is 0.308 e. The lowest BCUT2D eigenvalue weighted by Gasteiger charge is -2.12. The zero-order chi connectivity index (χ0) is 9.97. The highest BCUT2D eigenvalue weighted by Crippen LogP contribution is 2.24. The summed E-state index contributed by atoms with van der Waals surface area (Å²) in [6.07, 6.45) is 1.66. The van der Waals surface area contributed by atoms with Crippen molar-refractivity contribution < 1.29 is 9.53 Å². The van der Waals surface area contributed by atoms with Crippen LogP contribution in [0.25, 0.3) is 0 Å². The molecule has 72 valence electrons. The Bertz CT molecular complexity index is 399. The molecule has 1 aliphatic rings. The number of rotatable bonds is 1. The molecule has 1 aromatic rings. The van der Waals surface area contributed by atoms with Crippen LogP contribution in [0.2, 0.25) is 0 Å². The van der Waals surface area contributed by atoms with E-state index in [-0.39, 0.29) is 5.97 Å². The number of benzene rings is 1. The van der Waals surface area contributed by atoms with Gasteiger partial charge in [-0.15, -0.1) is 0 Å². The third-order valence-electron chi connectivity index (χ3n) is 1.91. The van der Waals surface area contributed by atoms with Gasteiger partial charge in [-0.1, -0.05) is 0 Å². The predicted molar refractivity (Wildman–Crippen MR) is 53.6 cm³/mol. The highest BCUT2D eigenvalue weighted by Gasteiger charge is 2.07. The van der Waals surface area contributed by atoms with E-state index < -0.39 is 0 Å². The molecule has 0 saturated heterocycles. The number of esters is 1. The number of fused-ring (bicyclic) bond motifs is 1. The van der Waals surface area contributed by atoms with E-state index in [4.69, 9.17) is 4.74 Å². The van der Waals surface area contributed by atoms with Crippen molar-refractivity contribution in [1.82, 2.24) is 0 Å². The van der Waals surface area contributed by atoms with Crippen molar-refractivity contribution in [2.24, 2.45) is 4.99 Å². The molecule has 0 radical (unpaired) electrons. The minimum absolute atomic E-state index is 0.308. The first kappa shape index (κ1) is 8.74. The predicted octanol–water partition coefficient (Wildman–Crippen LogP) is 1.57. The second-order valence-electron chi connectivity index (χ2n) is 3.03. The minimum atomic E-state index is -0.308. The van der Waals surface area contributed by atoms with Crippen LogP contribution in [0.15, 0.2) is 23.2 Å². The van der Waals surface area contributed by atoms with Crippen molar-refractivity contribution in [1.29, 1.82) is 0 Å². The fraction of sp³-hybridized carbons (Fsp3) is 0.200. The summed E-state index contributed by atoms with van der Waals surface area (Å²) in [6.45, 7) is 2.01. The lowest BCUT2D eigenvalue weighted by atomic mass is 10.1. The standard InChI is InChI=1S/C10H10N2O2/c1-7(13)14-9-2-3-10-8(4-9)5-11-6-12-10/h2-4,6H,5H2,1H3,(H,11,12). The van der Waals surface area contributed by atoms with Crippen LogP contribution in [-0.2, 0) is 11.3 Å². The molecule has 0 amide bonds. The highest BCUT2D eigenvalue weighted by molar-refractivity contribution is 5.80. The van der Waals surface area contributed by atoms with Crippen LogP contribution < -0.4 is 10.1 Å². The van der Waals surface area contributed by atoms with Gasteiger partial charge in [0.1, 0.15) is 5.75 Å². The number of nitrogens with zero attached hydrogens (tertiary/aromatic N) is 1. The SMILES string of the molecule is CC(=O)Oc1ccc2c(c1)CN=CN2. The van der Waals surface area contributed by atoms with Gasteiger partial charge in [0, 0.05) is 18.2 Å². The summed E-state index contributed by atoms with van der Waals surface area (Å²) < 4.78 is 4.96. The highest BCUT2D eigenvalue weighted by atomic mass is 16.5. The van der Waals surface area contributed by atoms with Gasteiger partial charge >= 0.3 is 5.97 Å². The van der Waals surface area contributed by atoms with Crippen molar-refractivity contribution >= 4 is 18.0 Å². The van der Waals surface area contributed by atoms with E-state index in [0.29, 0.717) is 12.3 Å². The largest absolute Gasteiger partial charge is 0.427 e. The van der Waals surface area contributed by atoms with Crippen LogP contribution in [0.3, 0.4) is 0 Å². The monoisotopic (exact) mass is 190 g/mol. The maximum atomic E-state index is 10.7. The molecule has 1 aliphatic heterocycles. The van der Waals surface area contributed by atoms with Crippen molar-refractivity contribution in [3.8, 4) is 5.75 Å². The summed E-state index contributed by atoms with van der Waals surface area (Å²) in [5.74, 6) is 0.257. The summed E-state index contributed by atoms with van der Waals surface area (Å²) in [6, 6.07) is 5.45. The van der Waals surface area contributed by atoms with Crippen molar-refractivity contribution in [3.63, 3.8) is 0 Å². The Morgan fingerprint density at radius 1 is 1.57 bits per heavy atom. The van der Waals surface area contributed by atoms with E-state index in [9.17, 15) is 4.79 Å². The first-order valence-corrected chi connectivity index (χ1v) is 4.32. The van der Waals surface area contributed by atoms with Crippen molar-refractivity contribution in [2.45, 2.75) is 13.5 Å². The summed E-state index contributed by atoms with van der Waals surface area (Å²) in [7, 11) is 0. The van der Waals surface area contributed by atoms with Gasteiger partial charge in [-0.05, 0) is 18.2 Å². The average Bonchev–Trinajstić information content (AvgIpc) is 2.17. The van der Waals surface area contributed by atoms with E-state index in [1.54, 1.807) is 12.4 Å². The number of hydrogen-bond acceptors (Lipinski definition) is 4. The average molecular weight is 190 g/mol. The molecule has 0 atom stereocenters. The maximum absolute atomic E-state index is 10.7.